The minimum atomic E-state index is 0.207. The van der Waals surface area contributed by atoms with Crippen molar-refractivity contribution in [3.05, 3.63) is 46.4 Å². The van der Waals surface area contributed by atoms with Gasteiger partial charge in [0.2, 0.25) is 0 Å². The topological polar surface area (TPSA) is 45.1 Å². The van der Waals surface area contributed by atoms with Crippen LogP contribution < -0.4 is 5.32 Å². The van der Waals surface area contributed by atoms with Crippen molar-refractivity contribution >= 4 is 11.3 Å². The maximum atomic E-state index is 9.15. The molecule has 0 aliphatic rings. The van der Waals surface area contributed by atoms with E-state index in [2.05, 4.69) is 34.7 Å². The third-order valence-electron chi connectivity index (χ3n) is 2.63. The third kappa shape index (κ3) is 3.28. The Bertz CT molecular complexity index is 439. The lowest BCUT2D eigenvalue weighted by atomic mass is 10.2. The van der Waals surface area contributed by atoms with Gasteiger partial charge in [0.1, 0.15) is 5.75 Å². The molecule has 0 amide bonds. The summed E-state index contributed by atoms with van der Waals surface area (Å²) in [7, 11) is 0. The first kappa shape index (κ1) is 12.1. The van der Waals surface area contributed by atoms with Crippen molar-refractivity contribution in [1.82, 2.24) is 10.3 Å². The number of nitrogens with zero attached hydrogens (tertiary/aromatic N) is 1. The molecule has 4 heteroatoms. The highest BCUT2D eigenvalue weighted by molar-refractivity contribution is 7.10. The van der Waals surface area contributed by atoms with Gasteiger partial charge in [0.15, 0.2) is 0 Å². The molecule has 0 radical (unpaired) electrons. The normalized spacial score (nSPS) is 12.5. The average Bonchev–Trinajstić information content (AvgIpc) is 2.86. The van der Waals surface area contributed by atoms with E-state index >= 15 is 0 Å². The number of hydrogen-bond donors (Lipinski definition) is 2. The number of aromatic nitrogens is 1. The molecule has 0 saturated heterocycles. The molecule has 0 aromatic carbocycles. The predicted molar refractivity (Wildman–Crippen MR) is 70.1 cm³/mol. The molecule has 0 spiro atoms. The van der Waals surface area contributed by atoms with Gasteiger partial charge in [0, 0.05) is 17.5 Å². The van der Waals surface area contributed by atoms with Crippen molar-refractivity contribution in [2.45, 2.75) is 25.9 Å². The summed E-state index contributed by atoms with van der Waals surface area (Å²) in [4.78, 5) is 5.51. The van der Waals surface area contributed by atoms with Gasteiger partial charge in [-0.2, -0.15) is 0 Å². The highest BCUT2D eigenvalue weighted by Crippen LogP contribution is 2.21. The van der Waals surface area contributed by atoms with Gasteiger partial charge in [0.05, 0.1) is 11.9 Å². The van der Waals surface area contributed by atoms with Crippen LogP contribution in [-0.4, -0.2) is 10.1 Å². The molecule has 0 fully saturated rings. The van der Waals surface area contributed by atoms with Crippen molar-refractivity contribution in [1.29, 1.82) is 0 Å². The number of thiophene rings is 1. The molecule has 1 unspecified atom stereocenters. The molecular weight excluding hydrogens is 232 g/mol. The first-order valence-corrected chi connectivity index (χ1v) is 6.58. The van der Waals surface area contributed by atoms with Gasteiger partial charge in [-0.05, 0) is 30.0 Å². The monoisotopic (exact) mass is 248 g/mol. The summed E-state index contributed by atoms with van der Waals surface area (Å²) >= 11 is 1.77. The minimum absolute atomic E-state index is 0.207. The fourth-order valence-corrected chi connectivity index (χ4v) is 2.57. The second-order valence-electron chi connectivity index (χ2n) is 3.86. The SMILES string of the molecule is CCC(NCc1ccc(O)cn1)c1cccs1. The Morgan fingerprint density at radius 1 is 1.41 bits per heavy atom. The Labute approximate surface area is 105 Å². The van der Waals surface area contributed by atoms with Crippen LogP contribution in [0, 0.1) is 0 Å². The van der Waals surface area contributed by atoms with Gasteiger partial charge in [-0.15, -0.1) is 11.3 Å². The van der Waals surface area contributed by atoms with Crippen LogP contribution in [0.5, 0.6) is 5.75 Å². The molecule has 0 aliphatic heterocycles. The van der Waals surface area contributed by atoms with Crippen LogP contribution in [0.3, 0.4) is 0 Å². The van der Waals surface area contributed by atoms with Gasteiger partial charge in [-0.25, -0.2) is 0 Å². The number of pyridine rings is 1. The van der Waals surface area contributed by atoms with Crippen molar-refractivity contribution in [3.8, 4) is 5.75 Å². The standard InChI is InChI=1S/C13H16N2OS/c1-2-12(13-4-3-7-17-13)15-8-10-5-6-11(16)9-14-10/h3-7,9,12,15-16H,2,8H2,1H3. The molecule has 2 heterocycles. The molecule has 1 atom stereocenters. The molecular formula is C13H16N2OS. The van der Waals surface area contributed by atoms with Crippen molar-refractivity contribution in [2.75, 3.05) is 0 Å². The Morgan fingerprint density at radius 2 is 2.29 bits per heavy atom. The van der Waals surface area contributed by atoms with Gasteiger partial charge < -0.3 is 10.4 Å². The van der Waals surface area contributed by atoms with E-state index in [1.165, 1.54) is 11.1 Å². The maximum absolute atomic E-state index is 9.15. The second-order valence-corrected chi connectivity index (χ2v) is 4.84. The molecule has 0 saturated carbocycles. The fourth-order valence-electron chi connectivity index (χ4n) is 1.68. The van der Waals surface area contributed by atoms with E-state index < -0.39 is 0 Å². The van der Waals surface area contributed by atoms with Crippen LogP contribution in [0.2, 0.25) is 0 Å². The van der Waals surface area contributed by atoms with Gasteiger partial charge in [0.25, 0.3) is 0 Å². The molecule has 90 valence electrons. The second kappa shape index (κ2) is 5.80. The van der Waals surface area contributed by atoms with Crippen LogP contribution in [-0.2, 0) is 6.54 Å². The summed E-state index contributed by atoms with van der Waals surface area (Å²) in [6.45, 7) is 2.89. The molecule has 2 rings (SSSR count). The van der Waals surface area contributed by atoms with Crippen LogP contribution in [0.15, 0.2) is 35.8 Å². The highest BCUT2D eigenvalue weighted by atomic mass is 32.1. The number of aromatic hydroxyl groups is 1. The van der Waals surface area contributed by atoms with Gasteiger partial charge in [-0.1, -0.05) is 13.0 Å². The van der Waals surface area contributed by atoms with E-state index in [4.69, 9.17) is 5.11 Å². The molecule has 0 aliphatic carbocycles. The Balaban J connectivity index is 1.94. The lowest BCUT2D eigenvalue weighted by Gasteiger charge is -2.14. The third-order valence-corrected chi connectivity index (χ3v) is 3.62. The quantitative estimate of drug-likeness (QED) is 0.854. The zero-order valence-electron chi connectivity index (χ0n) is 9.76. The smallest absolute Gasteiger partial charge is 0.133 e. The van der Waals surface area contributed by atoms with Gasteiger partial charge in [-0.3, -0.25) is 4.98 Å². The Kier molecular flexibility index (Phi) is 4.12. The van der Waals surface area contributed by atoms with E-state index in [1.807, 2.05) is 6.07 Å². The summed E-state index contributed by atoms with van der Waals surface area (Å²) < 4.78 is 0. The zero-order valence-corrected chi connectivity index (χ0v) is 10.6. The van der Waals surface area contributed by atoms with Gasteiger partial charge >= 0.3 is 0 Å². The first-order chi connectivity index (χ1) is 8.29. The first-order valence-electron chi connectivity index (χ1n) is 5.70. The van der Waals surface area contributed by atoms with E-state index in [0.29, 0.717) is 6.04 Å². The molecule has 2 aromatic heterocycles. The lowest BCUT2D eigenvalue weighted by molar-refractivity contribution is 0.470. The Morgan fingerprint density at radius 3 is 2.88 bits per heavy atom. The van der Waals surface area contributed by atoms with E-state index in [0.717, 1.165) is 18.7 Å². The number of rotatable bonds is 5. The zero-order chi connectivity index (χ0) is 12.1. The predicted octanol–water partition coefficient (Wildman–Crippen LogP) is 3.09. The summed E-state index contributed by atoms with van der Waals surface area (Å²) in [5.41, 5.74) is 0.942. The number of nitrogens with one attached hydrogen (secondary N) is 1. The largest absolute Gasteiger partial charge is 0.506 e. The van der Waals surface area contributed by atoms with Crippen molar-refractivity contribution in [2.24, 2.45) is 0 Å². The molecule has 17 heavy (non-hydrogen) atoms. The number of hydrogen-bond acceptors (Lipinski definition) is 4. The molecule has 3 nitrogen and oxygen atoms in total. The summed E-state index contributed by atoms with van der Waals surface area (Å²) in [5, 5.41) is 14.7. The van der Waals surface area contributed by atoms with Crippen molar-refractivity contribution < 1.29 is 5.11 Å². The van der Waals surface area contributed by atoms with E-state index in [9.17, 15) is 0 Å². The molecule has 0 bridgehead atoms. The summed E-state index contributed by atoms with van der Waals surface area (Å²) in [6, 6.07) is 8.10. The maximum Gasteiger partial charge on any atom is 0.133 e. The minimum Gasteiger partial charge on any atom is -0.506 e. The fraction of sp³-hybridized carbons (Fsp3) is 0.308. The van der Waals surface area contributed by atoms with E-state index in [1.54, 1.807) is 17.4 Å². The van der Waals surface area contributed by atoms with Crippen LogP contribution in [0.25, 0.3) is 0 Å². The summed E-state index contributed by atoms with van der Waals surface area (Å²) in [5.74, 6) is 0.207. The van der Waals surface area contributed by atoms with Crippen LogP contribution >= 0.6 is 11.3 Å². The molecule has 2 aromatic rings. The van der Waals surface area contributed by atoms with Crippen LogP contribution in [0.4, 0.5) is 0 Å². The van der Waals surface area contributed by atoms with E-state index in [-0.39, 0.29) is 5.75 Å². The highest BCUT2D eigenvalue weighted by Gasteiger charge is 2.09. The summed E-state index contributed by atoms with van der Waals surface area (Å²) in [6.07, 6.45) is 2.53. The molecule has 2 N–H and O–H groups in total. The average molecular weight is 248 g/mol. The lowest BCUT2D eigenvalue weighted by Crippen LogP contribution is -2.19. The Hall–Kier alpha value is -1.39. The van der Waals surface area contributed by atoms with Crippen LogP contribution in [0.1, 0.15) is 30.0 Å². The van der Waals surface area contributed by atoms with Crippen molar-refractivity contribution in [3.63, 3.8) is 0 Å².